The first kappa shape index (κ1) is 21.3. The number of nitrogens with one attached hydrogen (secondary N) is 2. The lowest BCUT2D eigenvalue weighted by molar-refractivity contribution is -0.131. The highest BCUT2D eigenvalue weighted by atomic mass is 16.2. The number of nitrogens with zero attached hydrogens (tertiary/aromatic N) is 5. The fraction of sp³-hybridized carbons (Fsp3) is 0.714. The van der Waals surface area contributed by atoms with E-state index in [9.17, 15) is 4.79 Å². The quantitative estimate of drug-likeness (QED) is 0.534. The van der Waals surface area contributed by atoms with Crippen molar-refractivity contribution in [2.45, 2.75) is 45.4 Å². The number of hydrogen-bond acceptors (Lipinski definition) is 5. The lowest BCUT2D eigenvalue weighted by Crippen LogP contribution is -2.50. The number of piperazine rings is 1. The first-order valence-electron chi connectivity index (χ1n) is 10.9. The zero-order chi connectivity index (χ0) is 20.5. The third-order valence-corrected chi connectivity index (χ3v) is 6.37. The summed E-state index contributed by atoms with van der Waals surface area (Å²) in [6.45, 7) is 6.80. The molecule has 1 aromatic heterocycles. The van der Waals surface area contributed by atoms with Crippen LogP contribution in [0.2, 0.25) is 0 Å². The van der Waals surface area contributed by atoms with E-state index < -0.39 is 0 Å². The molecule has 0 unspecified atom stereocenters. The summed E-state index contributed by atoms with van der Waals surface area (Å²) in [6.07, 6.45) is 10.4. The summed E-state index contributed by atoms with van der Waals surface area (Å²) in [4.78, 5) is 29.5. The minimum Gasteiger partial charge on any atom is -0.356 e. The second-order valence-electron chi connectivity index (χ2n) is 8.08. The molecule has 0 atom stereocenters. The molecule has 1 saturated heterocycles. The topological polar surface area (TPSA) is 85.8 Å². The number of carbonyl (C=O) groups excluding carboxylic acids is 1. The van der Waals surface area contributed by atoms with Gasteiger partial charge in [0.05, 0.1) is 0 Å². The predicted molar refractivity (Wildman–Crippen MR) is 116 cm³/mol. The van der Waals surface area contributed by atoms with Crippen molar-refractivity contribution in [1.82, 2.24) is 25.5 Å². The summed E-state index contributed by atoms with van der Waals surface area (Å²) < 4.78 is 0. The molecule has 0 radical (unpaired) electrons. The van der Waals surface area contributed by atoms with E-state index in [1.807, 2.05) is 11.0 Å². The molecular formula is C21H35N7O. The van der Waals surface area contributed by atoms with Crippen LogP contribution in [0, 0.1) is 5.41 Å². The maximum Gasteiger partial charge on any atom is 0.225 e. The fourth-order valence-corrected chi connectivity index (χ4v) is 4.33. The standard InChI is InChI=1S/C21H35N7O/c1-3-21(8-4-5-9-21)17-26-19(22-2)23-12-7-18(29)27-13-15-28(16-14-27)20-24-10-6-11-25-20/h6,10-11H,3-5,7-9,12-17H2,1-2H3,(H2,22,23,26). The van der Waals surface area contributed by atoms with Gasteiger partial charge in [-0.05, 0) is 30.7 Å². The Kier molecular flexibility index (Phi) is 7.66. The van der Waals surface area contributed by atoms with Gasteiger partial charge in [0, 0.05) is 65.1 Å². The molecule has 29 heavy (non-hydrogen) atoms. The normalized spacial score (nSPS) is 19.3. The number of carbonyl (C=O) groups is 1. The second-order valence-corrected chi connectivity index (χ2v) is 8.08. The molecule has 0 spiro atoms. The molecule has 160 valence electrons. The Bertz CT molecular complexity index is 665. The number of amides is 1. The summed E-state index contributed by atoms with van der Waals surface area (Å²) in [5.41, 5.74) is 0.412. The average molecular weight is 402 g/mol. The van der Waals surface area contributed by atoms with E-state index in [1.165, 1.54) is 32.1 Å². The highest BCUT2D eigenvalue weighted by Gasteiger charge is 2.31. The Hall–Kier alpha value is -2.38. The van der Waals surface area contributed by atoms with Crippen LogP contribution in [0.25, 0.3) is 0 Å². The minimum absolute atomic E-state index is 0.183. The third-order valence-electron chi connectivity index (χ3n) is 6.37. The van der Waals surface area contributed by atoms with E-state index in [2.05, 4.69) is 37.4 Å². The number of aliphatic imine (C=N–C) groups is 1. The van der Waals surface area contributed by atoms with Crippen molar-refractivity contribution < 1.29 is 4.79 Å². The van der Waals surface area contributed by atoms with Crippen LogP contribution in [0.3, 0.4) is 0 Å². The summed E-state index contributed by atoms with van der Waals surface area (Å²) in [7, 11) is 1.79. The van der Waals surface area contributed by atoms with Crippen molar-refractivity contribution in [3.63, 3.8) is 0 Å². The minimum atomic E-state index is 0.183. The van der Waals surface area contributed by atoms with Crippen molar-refractivity contribution in [3.8, 4) is 0 Å². The largest absolute Gasteiger partial charge is 0.356 e. The molecule has 0 aromatic carbocycles. The Balaban J connectivity index is 1.36. The number of hydrogen-bond donors (Lipinski definition) is 2. The van der Waals surface area contributed by atoms with E-state index in [-0.39, 0.29) is 5.91 Å². The first-order valence-corrected chi connectivity index (χ1v) is 10.9. The van der Waals surface area contributed by atoms with Crippen molar-refractivity contribution in [1.29, 1.82) is 0 Å². The Labute approximate surface area is 174 Å². The summed E-state index contributed by atoms with van der Waals surface area (Å²) >= 11 is 0. The van der Waals surface area contributed by atoms with Gasteiger partial charge >= 0.3 is 0 Å². The second kappa shape index (κ2) is 10.4. The summed E-state index contributed by atoms with van der Waals surface area (Å²) in [6, 6.07) is 1.81. The molecule has 1 aromatic rings. The van der Waals surface area contributed by atoms with Crippen molar-refractivity contribution in [2.24, 2.45) is 10.4 Å². The van der Waals surface area contributed by atoms with E-state index >= 15 is 0 Å². The van der Waals surface area contributed by atoms with Crippen LogP contribution in [-0.2, 0) is 4.79 Å². The van der Waals surface area contributed by atoms with Gasteiger partial charge in [0.25, 0.3) is 0 Å². The molecule has 3 rings (SSSR count). The number of guanidine groups is 1. The molecule has 2 N–H and O–H groups in total. The monoisotopic (exact) mass is 401 g/mol. The van der Waals surface area contributed by atoms with Crippen LogP contribution in [0.15, 0.2) is 23.5 Å². The third kappa shape index (κ3) is 5.81. The van der Waals surface area contributed by atoms with Crippen molar-refractivity contribution in [2.75, 3.05) is 51.2 Å². The molecule has 8 nitrogen and oxygen atoms in total. The first-order chi connectivity index (χ1) is 14.2. The van der Waals surface area contributed by atoms with Gasteiger partial charge in [-0.25, -0.2) is 9.97 Å². The van der Waals surface area contributed by atoms with E-state index in [0.717, 1.165) is 31.5 Å². The van der Waals surface area contributed by atoms with Crippen molar-refractivity contribution >= 4 is 17.8 Å². The maximum absolute atomic E-state index is 12.6. The van der Waals surface area contributed by atoms with Gasteiger partial charge in [-0.2, -0.15) is 0 Å². The van der Waals surface area contributed by atoms with Crippen LogP contribution >= 0.6 is 0 Å². The number of anilines is 1. The van der Waals surface area contributed by atoms with Gasteiger partial charge in [0.1, 0.15) is 0 Å². The van der Waals surface area contributed by atoms with Crippen molar-refractivity contribution in [3.05, 3.63) is 18.5 Å². The number of rotatable bonds is 7. The van der Waals surface area contributed by atoms with Gasteiger partial charge < -0.3 is 20.4 Å². The molecule has 2 heterocycles. The molecule has 2 fully saturated rings. The lowest BCUT2D eigenvalue weighted by atomic mass is 9.83. The molecule has 1 aliphatic carbocycles. The highest BCUT2D eigenvalue weighted by molar-refractivity contribution is 5.81. The van der Waals surface area contributed by atoms with Gasteiger partial charge in [-0.3, -0.25) is 9.79 Å². The van der Waals surface area contributed by atoms with Gasteiger partial charge in [-0.1, -0.05) is 19.8 Å². The predicted octanol–water partition coefficient (Wildman–Crippen LogP) is 1.65. The molecular weight excluding hydrogens is 366 g/mol. The van der Waals surface area contributed by atoms with Gasteiger partial charge in [-0.15, -0.1) is 0 Å². The Morgan fingerprint density at radius 2 is 1.83 bits per heavy atom. The van der Waals surface area contributed by atoms with Crippen LogP contribution in [0.5, 0.6) is 0 Å². The number of aromatic nitrogens is 2. The van der Waals surface area contributed by atoms with Gasteiger partial charge in [0.15, 0.2) is 5.96 Å². The zero-order valence-electron chi connectivity index (χ0n) is 17.9. The zero-order valence-corrected chi connectivity index (χ0v) is 17.9. The maximum atomic E-state index is 12.6. The van der Waals surface area contributed by atoms with Crippen LogP contribution in [-0.4, -0.2) is 73.1 Å². The van der Waals surface area contributed by atoms with E-state index in [1.54, 1.807) is 19.4 Å². The summed E-state index contributed by atoms with van der Waals surface area (Å²) in [5.74, 6) is 1.72. The van der Waals surface area contributed by atoms with Crippen LogP contribution < -0.4 is 15.5 Å². The lowest BCUT2D eigenvalue weighted by Gasteiger charge is -2.34. The molecule has 8 heteroatoms. The molecule has 2 aliphatic rings. The Morgan fingerprint density at radius 1 is 1.14 bits per heavy atom. The molecule has 1 saturated carbocycles. The molecule has 0 bridgehead atoms. The Morgan fingerprint density at radius 3 is 2.45 bits per heavy atom. The summed E-state index contributed by atoms with van der Waals surface area (Å²) in [5, 5.41) is 6.77. The van der Waals surface area contributed by atoms with Crippen LogP contribution in [0.1, 0.15) is 45.4 Å². The van der Waals surface area contributed by atoms with E-state index in [0.29, 0.717) is 31.5 Å². The highest BCUT2D eigenvalue weighted by Crippen LogP contribution is 2.40. The SMILES string of the molecule is CCC1(CNC(=NC)NCCC(=O)N2CCN(c3ncccn3)CC2)CCCC1. The van der Waals surface area contributed by atoms with Gasteiger partial charge in [0.2, 0.25) is 11.9 Å². The van der Waals surface area contributed by atoms with E-state index in [4.69, 9.17) is 0 Å². The smallest absolute Gasteiger partial charge is 0.225 e. The van der Waals surface area contributed by atoms with Crippen LogP contribution in [0.4, 0.5) is 5.95 Å². The molecule has 1 aliphatic heterocycles. The average Bonchev–Trinajstić information content (AvgIpc) is 3.26. The molecule has 1 amide bonds. The fourth-order valence-electron chi connectivity index (χ4n) is 4.33.